The molecule has 3 rings (SSSR count). The van der Waals surface area contributed by atoms with E-state index in [1.165, 1.54) is 5.56 Å². The van der Waals surface area contributed by atoms with Crippen molar-refractivity contribution in [3.05, 3.63) is 59.7 Å². The highest BCUT2D eigenvalue weighted by molar-refractivity contribution is 5.48. The highest BCUT2D eigenvalue weighted by atomic mass is 16.5. The number of piperidine rings is 1. The van der Waals surface area contributed by atoms with Crippen molar-refractivity contribution in [2.24, 2.45) is 0 Å². The monoisotopic (exact) mass is 421 g/mol. The number of nitriles is 1. The summed E-state index contributed by atoms with van der Waals surface area (Å²) in [6, 6.07) is 18.2. The average molecular weight is 422 g/mol. The molecule has 1 aliphatic heterocycles. The Bertz CT molecular complexity index is 865. The smallest absolute Gasteiger partial charge is 0.119 e. The number of hydrogen-bond acceptors (Lipinski definition) is 5. The Morgan fingerprint density at radius 1 is 1.16 bits per heavy atom. The standard InChI is InChI=1S/C26H35N3O2/c1-21(2)31-25-9-7-24(8-10-25)28(3)16-12-26(30)13-17-29(18-14-26)15-11-22-5-4-6-23(19-22)20-27/h4-10,19,21,30H,11-18H2,1-3H3. The van der Waals surface area contributed by atoms with Crippen LogP contribution in [0.25, 0.3) is 0 Å². The van der Waals surface area contributed by atoms with Crippen molar-refractivity contribution < 1.29 is 9.84 Å². The van der Waals surface area contributed by atoms with E-state index < -0.39 is 5.60 Å². The molecule has 5 nitrogen and oxygen atoms in total. The van der Waals surface area contributed by atoms with E-state index in [1.807, 2.05) is 44.2 Å². The van der Waals surface area contributed by atoms with Crippen LogP contribution in [0.1, 0.15) is 44.2 Å². The third kappa shape index (κ3) is 6.99. The summed E-state index contributed by atoms with van der Waals surface area (Å²) in [5, 5.41) is 20.1. The number of likely N-dealkylation sites (tertiary alicyclic amines) is 1. The first-order valence-electron chi connectivity index (χ1n) is 11.3. The summed E-state index contributed by atoms with van der Waals surface area (Å²) in [5.41, 5.74) is 2.46. The minimum Gasteiger partial charge on any atom is -0.491 e. The van der Waals surface area contributed by atoms with Gasteiger partial charge in [-0.2, -0.15) is 5.26 Å². The van der Waals surface area contributed by atoms with Crippen LogP contribution in [0.2, 0.25) is 0 Å². The third-order valence-electron chi connectivity index (χ3n) is 6.12. The van der Waals surface area contributed by atoms with E-state index in [4.69, 9.17) is 10.00 Å². The van der Waals surface area contributed by atoms with Crippen molar-refractivity contribution in [3.63, 3.8) is 0 Å². The van der Waals surface area contributed by atoms with Gasteiger partial charge in [-0.3, -0.25) is 0 Å². The van der Waals surface area contributed by atoms with Gasteiger partial charge in [0, 0.05) is 38.9 Å². The molecule has 0 atom stereocenters. The van der Waals surface area contributed by atoms with E-state index >= 15 is 0 Å². The van der Waals surface area contributed by atoms with Gasteiger partial charge in [0.2, 0.25) is 0 Å². The molecular formula is C26H35N3O2. The Morgan fingerprint density at radius 3 is 2.52 bits per heavy atom. The van der Waals surface area contributed by atoms with Crippen LogP contribution in [-0.2, 0) is 6.42 Å². The number of nitrogens with zero attached hydrogens (tertiary/aromatic N) is 3. The number of hydrogen-bond donors (Lipinski definition) is 1. The molecule has 5 heteroatoms. The minimum absolute atomic E-state index is 0.173. The molecule has 0 bridgehead atoms. The normalized spacial score (nSPS) is 16.1. The number of rotatable bonds is 9. The summed E-state index contributed by atoms with van der Waals surface area (Å²) < 4.78 is 5.71. The Labute approximate surface area is 186 Å². The fourth-order valence-corrected chi connectivity index (χ4v) is 4.08. The molecule has 0 amide bonds. The predicted molar refractivity (Wildman–Crippen MR) is 126 cm³/mol. The van der Waals surface area contributed by atoms with Gasteiger partial charge in [-0.1, -0.05) is 12.1 Å². The number of anilines is 1. The van der Waals surface area contributed by atoms with Crippen LogP contribution < -0.4 is 9.64 Å². The van der Waals surface area contributed by atoms with Crippen LogP contribution in [0, 0.1) is 11.3 Å². The first-order valence-corrected chi connectivity index (χ1v) is 11.3. The third-order valence-corrected chi connectivity index (χ3v) is 6.12. The first kappa shape index (κ1) is 23.1. The van der Waals surface area contributed by atoms with Gasteiger partial charge in [0.25, 0.3) is 0 Å². The molecule has 0 radical (unpaired) electrons. The first-order chi connectivity index (χ1) is 14.9. The summed E-state index contributed by atoms with van der Waals surface area (Å²) in [6.07, 6.45) is 3.49. The van der Waals surface area contributed by atoms with Gasteiger partial charge in [-0.15, -0.1) is 0 Å². The van der Waals surface area contributed by atoms with Crippen LogP contribution in [0.3, 0.4) is 0 Å². The molecule has 0 spiro atoms. The average Bonchev–Trinajstić information content (AvgIpc) is 2.77. The van der Waals surface area contributed by atoms with Gasteiger partial charge in [-0.05, 0) is 81.5 Å². The zero-order chi connectivity index (χ0) is 22.3. The highest BCUT2D eigenvalue weighted by Crippen LogP contribution is 2.27. The summed E-state index contributed by atoms with van der Waals surface area (Å²) in [5.74, 6) is 0.887. The molecule has 0 unspecified atom stereocenters. The van der Waals surface area contributed by atoms with Gasteiger partial charge in [0.05, 0.1) is 23.3 Å². The lowest BCUT2D eigenvalue weighted by Gasteiger charge is -2.39. The molecule has 166 valence electrons. The molecule has 31 heavy (non-hydrogen) atoms. The Morgan fingerprint density at radius 2 is 1.87 bits per heavy atom. The fourth-order valence-electron chi connectivity index (χ4n) is 4.08. The largest absolute Gasteiger partial charge is 0.491 e. The van der Waals surface area contributed by atoms with E-state index in [1.54, 1.807) is 0 Å². The van der Waals surface area contributed by atoms with Crippen molar-refractivity contribution in [2.75, 3.05) is 38.1 Å². The Kier molecular flexibility index (Phi) is 7.95. The second-order valence-electron chi connectivity index (χ2n) is 8.96. The second kappa shape index (κ2) is 10.7. The van der Waals surface area contributed by atoms with Crippen LogP contribution in [0.5, 0.6) is 5.75 Å². The second-order valence-corrected chi connectivity index (χ2v) is 8.96. The van der Waals surface area contributed by atoms with Crippen molar-refractivity contribution in [3.8, 4) is 11.8 Å². The van der Waals surface area contributed by atoms with E-state index in [9.17, 15) is 5.11 Å². The maximum Gasteiger partial charge on any atom is 0.119 e. The van der Waals surface area contributed by atoms with Gasteiger partial charge < -0.3 is 19.6 Å². The highest BCUT2D eigenvalue weighted by Gasteiger charge is 2.32. The maximum atomic E-state index is 11.1. The van der Waals surface area contributed by atoms with Crippen molar-refractivity contribution >= 4 is 5.69 Å². The molecule has 0 saturated carbocycles. The Hall–Kier alpha value is -2.55. The summed E-state index contributed by atoms with van der Waals surface area (Å²) in [4.78, 5) is 4.62. The molecule has 0 aromatic heterocycles. The van der Waals surface area contributed by atoms with Gasteiger partial charge in [0.1, 0.15) is 5.75 Å². The fraction of sp³-hybridized carbons (Fsp3) is 0.500. The maximum absolute atomic E-state index is 11.1. The van der Waals surface area contributed by atoms with Crippen molar-refractivity contribution in [1.29, 1.82) is 5.26 Å². The molecule has 1 heterocycles. The van der Waals surface area contributed by atoms with Crippen molar-refractivity contribution in [1.82, 2.24) is 4.90 Å². The lowest BCUT2D eigenvalue weighted by molar-refractivity contribution is -0.0254. The van der Waals surface area contributed by atoms with E-state index in [-0.39, 0.29) is 6.10 Å². The van der Waals surface area contributed by atoms with Crippen molar-refractivity contribution in [2.45, 2.75) is 51.2 Å². The van der Waals surface area contributed by atoms with Crippen LogP contribution in [0.15, 0.2) is 48.5 Å². The number of aliphatic hydroxyl groups is 1. The number of benzene rings is 2. The Balaban J connectivity index is 1.42. The molecule has 1 fully saturated rings. The SMILES string of the molecule is CC(C)Oc1ccc(N(C)CCC2(O)CCN(CCc3cccc(C#N)c3)CC2)cc1. The zero-order valence-corrected chi connectivity index (χ0v) is 19.1. The summed E-state index contributed by atoms with van der Waals surface area (Å²) in [7, 11) is 2.08. The van der Waals surface area contributed by atoms with E-state index in [0.29, 0.717) is 0 Å². The lowest BCUT2D eigenvalue weighted by atomic mass is 9.88. The van der Waals surface area contributed by atoms with E-state index in [0.717, 1.165) is 68.9 Å². The van der Waals surface area contributed by atoms with Gasteiger partial charge >= 0.3 is 0 Å². The zero-order valence-electron chi connectivity index (χ0n) is 19.1. The molecule has 2 aromatic carbocycles. The predicted octanol–water partition coefficient (Wildman–Crippen LogP) is 4.24. The van der Waals surface area contributed by atoms with Gasteiger partial charge in [-0.25, -0.2) is 0 Å². The molecular weight excluding hydrogens is 386 g/mol. The molecule has 1 aliphatic rings. The quantitative estimate of drug-likeness (QED) is 0.656. The van der Waals surface area contributed by atoms with Crippen LogP contribution in [0.4, 0.5) is 5.69 Å². The van der Waals surface area contributed by atoms with E-state index in [2.05, 4.69) is 41.1 Å². The molecule has 1 N–H and O–H groups in total. The molecule has 2 aromatic rings. The van der Waals surface area contributed by atoms with Crippen LogP contribution >= 0.6 is 0 Å². The summed E-state index contributed by atoms with van der Waals surface area (Å²) in [6.45, 7) is 7.67. The topological polar surface area (TPSA) is 59.7 Å². The van der Waals surface area contributed by atoms with Crippen LogP contribution in [-0.4, -0.2) is 54.9 Å². The lowest BCUT2D eigenvalue weighted by Crippen LogP contribution is -2.46. The number of ether oxygens (including phenoxy) is 1. The molecule has 1 saturated heterocycles. The summed E-state index contributed by atoms with van der Waals surface area (Å²) >= 11 is 0. The van der Waals surface area contributed by atoms with Gasteiger partial charge in [0.15, 0.2) is 0 Å². The molecule has 0 aliphatic carbocycles. The minimum atomic E-state index is -0.591.